The third-order valence-electron chi connectivity index (χ3n) is 7.83. The lowest BCUT2D eigenvalue weighted by Crippen LogP contribution is -2.52. The van der Waals surface area contributed by atoms with Crippen molar-refractivity contribution in [2.75, 3.05) is 43.4 Å². The van der Waals surface area contributed by atoms with Gasteiger partial charge in [-0.05, 0) is 35.6 Å². The number of halogens is 2. The van der Waals surface area contributed by atoms with Gasteiger partial charge in [0, 0.05) is 44.1 Å². The molecule has 3 heterocycles. The number of aromatic nitrogens is 2. The van der Waals surface area contributed by atoms with Crippen LogP contribution in [-0.4, -0.2) is 84.2 Å². The molecule has 2 atom stereocenters. The summed E-state index contributed by atoms with van der Waals surface area (Å²) in [6, 6.07) is 14.3. The normalized spacial score (nSPS) is 18.6. The van der Waals surface area contributed by atoms with E-state index in [0.717, 1.165) is 21.6 Å². The second-order valence-electron chi connectivity index (χ2n) is 11.0. The highest BCUT2D eigenvalue weighted by atomic mass is 35.5. The molecule has 43 heavy (non-hydrogen) atoms. The maximum Gasteiger partial charge on any atom is 0.416 e. The molecule has 2 aliphatic heterocycles. The van der Waals surface area contributed by atoms with Crippen molar-refractivity contribution in [1.29, 1.82) is 0 Å². The Labute approximate surface area is 261 Å². The van der Waals surface area contributed by atoms with E-state index in [-0.39, 0.29) is 31.4 Å². The Morgan fingerprint density at radius 3 is 2.28 bits per heavy atom. The van der Waals surface area contributed by atoms with Crippen molar-refractivity contribution in [2.24, 2.45) is 11.8 Å². The van der Waals surface area contributed by atoms with Crippen molar-refractivity contribution in [1.82, 2.24) is 19.2 Å². The lowest BCUT2D eigenvalue weighted by atomic mass is 9.95. The average molecular weight is 647 g/mol. The molecule has 0 N–H and O–H groups in total. The maximum absolute atomic E-state index is 13.7. The highest BCUT2D eigenvalue weighted by Gasteiger charge is 2.43. The number of sulfonamides is 1. The van der Waals surface area contributed by atoms with E-state index in [1.165, 1.54) is 4.31 Å². The molecule has 2 saturated heterocycles. The van der Waals surface area contributed by atoms with Crippen LogP contribution in [0.5, 0.6) is 0 Å². The Morgan fingerprint density at radius 1 is 0.977 bits per heavy atom. The van der Waals surface area contributed by atoms with Crippen molar-refractivity contribution in [2.45, 2.75) is 26.3 Å². The largest absolute Gasteiger partial charge is 0.447 e. The maximum atomic E-state index is 13.7. The van der Waals surface area contributed by atoms with Crippen LogP contribution in [0.3, 0.4) is 0 Å². The molecule has 5 rings (SSSR count). The summed E-state index contributed by atoms with van der Waals surface area (Å²) >= 11 is 12.1. The van der Waals surface area contributed by atoms with Gasteiger partial charge in [0.25, 0.3) is 0 Å². The Bertz CT molecular complexity index is 1570. The summed E-state index contributed by atoms with van der Waals surface area (Å²) in [5.41, 5.74) is 2.57. The van der Waals surface area contributed by atoms with E-state index in [1.807, 2.05) is 41.3 Å². The molecule has 1 aromatic heterocycles. The molecule has 2 amide bonds. The molecule has 0 saturated carbocycles. The lowest BCUT2D eigenvalue weighted by Gasteiger charge is -2.35. The summed E-state index contributed by atoms with van der Waals surface area (Å²) in [4.78, 5) is 38.3. The van der Waals surface area contributed by atoms with E-state index in [9.17, 15) is 18.0 Å². The summed E-state index contributed by atoms with van der Waals surface area (Å²) in [6.45, 7) is 4.90. The fourth-order valence-electron chi connectivity index (χ4n) is 5.30. The number of rotatable bonds is 9. The first-order chi connectivity index (χ1) is 20.5. The van der Waals surface area contributed by atoms with Crippen LogP contribution in [0.4, 0.5) is 10.7 Å². The molecule has 2 aromatic carbocycles. The fraction of sp³-hybridized carbons (Fsp3) is 0.400. The van der Waals surface area contributed by atoms with Gasteiger partial charge >= 0.3 is 6.09 Å². The van der Waals surface area contributed by atoms with Gasteiger partial charge in [0.1, 0.15) is 6.61 Å². The summed E-state index contributed by atoms with van der Waals surface area (Å²) in [5, 5.41) is 0.903. The Balaban J connectivity index is 1.22. The van der Waals surface area contributed by atoms with Crippen LogP contribution < -0.4 is 4.90 Å². The van der Waals surface area contributed by atoms with E-state index >= 15 is 0 Å². The number of carbonyl (C=O) groups excluding carboxylic acids is 2. The summed E-state index contributed by atoms with van der Waals surface area (Å²) in [5.74, 6) is -1.62. The minimum atomic E-state index is -3.81. The number of amides is 2. The second-order valence-corrected chi connectivity index (χ2v) is 13.9. The minimum absolute atomic E-state index is 0.0789. The van der Waals surface area contributed by atoms with E-state index in [4.69, 9.17) is 27.9 Å². The molecule has 228 valence electrons. The van der Waals surface area contributed by atoms with Gasteiger partial charge in [-0.1, -0.05) is 73.4 Å². The molecule has 13 heteroatoms. The number of ether oxygens (including phenoxy) is 1. The zero-order valence-corrected chi connectivity index (χ0v) is 26.2. The van der Waals surface area contributed by atoms with Crippen molar-refractivity contribution >= 4 is 51.2 Å². The van der Waals surface area contributed by atoms with E-state index in [1.54, 1.807) is 38.4 Å². The van der Waals surface area contributed by atoms with E-state index in [2.05, 4.69) is 9.97 Å². The number of cyclic esters (lactones) is 1. The second kappa shape index (κ2) is 13.2. The van der Waals surface area contributed by atoms with Crippen molar-refractivity contribution in [3.05, 3.63) is 76.5 Å². The zero-order valence-electron chi connectivity index (χ0n) is 23.9. The first-order valence-corrected chi connectivity index (χ1v) is 16.4. The van der Waals surface area contributed by atoms with Crippen LogP contribution in [0.2, 0.25) is 10.0 Å². The van der Waals surface area contributed by atoms with Gasteiger partial charge < -0.3 is 9.64 Å². The van der Waals surface area contributed by atoms with Gasteiger partial charge in [-0.25, -0.2) is 28.1 Å². The van der Waals surface area contributed by atoms with Crippen molar-refractivity contribution < 1.29 is 22.7 Å². The van der Waals surface area contributed by atoms with Gasteiger partial charge in [0.2, 0.25) is 21.9 Å². The first kappa shape index (κ1) is 31.2. The molecular weight excluding hydrogens is 613 g/mol. The van der Waals surface area contributed by atoms with Crippen LogP contribution >= 0.6 is 23.2 Å². The number of anilines is 1. The van der Waals surface area contributed by atoms with Crippen LogP contribution in [-0.2, 0) is 26.0 Å². The van der Waals surface area contributed by atoms with Gasteiger partial charge in [0.05, 0.1) is 27.8 Å². The SMILES string of the molecule is CC(C)[C@@H](CS(=O)(=O)N1CCN(c2ncc(-c3ccc(Cl)c(Cl)c3)cn2)CC1)C(=O)N1C(=O)OC[C@H]1Cc1ccccc1. The Morgan fingerprint density at radius 2 is 1.65 bits per heavy atom. The number of imide groups is 1. The van der Waals surface area contributed by atoms with Gasteiger partial charge in [-0.3, -0.25) is 4.79 Å². The molecule has 0 aliphatic carbocycles. The predicted octanol–water partition coefficient (Wildman–Crippen LogP) is 4.76. The fourth-order valence-corrected chi connectivity index (χ4v) is 7.51. The number of nitrogens with zero attached hydrogens (tertiary/aromatic N) is 5. The molecule has 2 aliphatic rings. The molecule has 0 unspecified atom stereocenters. The summed E-state index contributed by atoms with van der Waals surface area (Å²) in [6.07, 6.45) is 3.10. The molecule has 10 nitrogen and oxygen atoms in total. The monoisotopic (exact) mass is 645 g/mol. The van der Waals surface area contributed by atoms with Gasteiger partial charge in [-0.2, -0.15) is 4.31 Å². The standard InChI is InChI=1S/C30H33Cl2N5O5S/c1-20(2)25(28(38)37-24(18-42-30(37)39)14-21-6-4-3-5-7-21)19-43(40,41)36-12-10-35(11-13-36)29-33-16-23(17-34-29)22-8-9-26(31)27(32)15-22/h3-9,15-17,20,24-25H,10-14,18-19H2,1-2H3/t24-,25-/m1/s1. The van der Waals surface area contributed by atoms with E-state index < -0.39 is 34.0 Å². The quantitative estimate of drug-likeness (QED) is 0.327. The van der Waals surface area contributed by atoms with E-state index in [0.29, 0.717) is 35.5 Å². The zero-order chi connectivity index (χ0) is 30.7. The van der Waals surface area contributed by atoms with Crippen LogP contribution in [0.1, 0.15) is 19.4 Å². The molecule has 0 spiro atoms. The van der Waals surface area contributed by atoms with Gasteiger partial charge in [-0.15, -0.1) is 0 Å². The summed E-state index contributed by atoms with van der Waals surface area (Å²) in [7, 11) is -3.81. The third kappa shape index (κ3) is 7.12. The highest BCUT2D eigenvalue weighted by Crippen LogP contribution is 2.29. The molecule has 3 aromatic rings. The smallest absolute Gasteiger partial charge is 0.416 e. The van der Waals surface area contributed by atoms with Crippen molar-refractivity contribution in [3.63, 3.8) is 0 Å². The topological polar surface area (TPSA) is 113 Å². The van der Waals surface area contributed by atoms with Gasteiger partial charge in [0.15, 0.2) is 0 Å². The Hall–Kier alpha value is -3.25. The van der Waals surface area contributed by atoms with Crippen LogP contribution in [0.15, 0.2) is 60.9 Å². The third-order valence-corrected chi connectivity index (χ3v) is 10.5. The first-order valence-electron chi connectivity index (χ1n) is 14.1. The predicted molar refractivity (Wildman–Crippen MR) is 166 cm³/mol. The average Bonchev–Trinajstić information content (AvgIpc) is 3.37. The lowest BCUT2D eigenvalue weighted by molar-refractivity contribution is -0.134. The molecule has 0 radical (unpaired) electrons. The number of benzene rings is 2. The number of carbonyl (C=O) groups is 2. The van der Waals surface area contributed by atoms with Crippen LogP contribution in [0, 0.1) is 11.8 Å². The Kier molecular flexibility index (Phi) is 9.55. The molecule has 0 bridgehead atoms. The minimum Gasteiger partial charge on any atom is -0.447 e. The summed E-state index contributed by atoms with van der Waals surface area (Å²) < 4.78 is 33.7. The highest BCUT2D eigenvalue weighted by molar-refractivity contribution is 7.89. The molecular formula is C30H33Cl2N5O5S. The van der Waals surface area contributed by atoms with Crippen molar-refractivity contribution in [3.8, 4) is 11.1 Å². The number of hydrogen-bond donors (Lipinski definition) is 0. The number of piperazine rings is 1. The van der Waals surface area contributed by atoms with Crippen LogP contribution in [0.25, 0.3) is 11.1 Å². The number of hydrogen-bond acceptors (Lipinski definition) is 8. The molecule has 2 fully saturated rings.